The average molecular weight is 275 g/mol. The highest BCUT2D eigenvalue weighted by Crippen LogP contribution is 2.23. The van der Waals surface area contributed by atoms with Gasteiger partial charge in [-0.1, -0.05) is 6.92 Å². The molecule has 0 aliphatic carbocycles. The predicted octanol–water partition coefficient (Wildman–Crippen LogP) is 3.20. The summed E-state index contributed by atoms with van der Waals surface area (Å²) in [4.78, 5) is 0. The molecule has 0 aliphatic heterocycles. The Morgan fingerprint density at radius 3 is 2.47 bits per heavy atom. The summed E-state index contributed by atoms with van der Waals surface area (Å²) in [6, 6.07) is 0. The van der Waals surface area contributed by atoms with Crippen molar-refractivity contribution in [2.45, 2.75) is 46.3 Å². The highest BCUT2D eigenvalue weighted by molar-refractivity contribution is 9.10. The SMILES string of the molecule is CCC(C)(C)OCc1c(Br)c(C)nn1C. The maximum absolute atomic E-state index is 5.85. The topological polar surface area (TPSA) is 27.1 Å². The first-order chi connectivity index (χ1) is 6.87. The van der Waals surface area contributed by atoms with Crippen molar-refractivity contribution in [3.63, 3.8) is 0 Å². The maximum Gasteiger partial charge on any atom is 0.0903 e. The lowest BCUT2D eigenvalue weighted by molar-refractivity contribution is -0.0343. The second-order valence-electron chi connectivity index (χ2n) is 4.37. The van der Waals surface area contributed by atoms with Crippen LogP contribution in [0.15, 0.2) is 4.47 Å². The molecule has 0 saturated heterocycles. The van der Waals surface area contributed by atoms with Gasteiger partial charge in [-0.05, 0) is 43.1 Å². The zero-order valence-electron chi connectivity index (χ0n) is 10.1. The van der Waals surface area contributed by atoms with E-state index in [0.717, 1.165) is 22.3 Å². The number of aromatic nitrogens is 2. The van der Waals surface area contributed by atoms with E-state index in [1.165, 1.54) is 0 Å². The third-order valence-electron chi connectivity index (χ3n) is 2.71. The van der Waals surface area contributed by atoms with Gasteiger partial charge < -0.3 is 4.74 Å². The molecule has 3 nitrogen and oxygen atoms in total. The molecule has 0 aromatic carbocycles. The number of halogens is 1. The van der Waals surface area contributed by atoms with Crippen LogP contribution in [0.2, 0.25) is 0 Å². The second-order valence-corrected chi connectivity index (χ2v) is 5.16. The minimum atomic E-state index is -0.0718. The van der Waals surface area contributed by atoms with Crippen LogP contribution in [-0.4, -0.2) is 15.4 Å². The number of ether oxygens (including phenoxy) is 1. The molecular weight excluding hydrogens is 256 g/mol. The van der Waals surface area contributed by atoms with E-state index in [4.69, 9.17) is 4.74 Å². The van der Waals surface area contributed by atoms with Crippen molar-refractivity contribution in [2.24, 2.45) is 7.05 Å². The molecule has 0 fully saturated rings. The van der Waals surface area contributed by atoms with Crippen LogP contribution in [0.1, 0.15) is 38.6 Å². The van der Waals surface area contributed by atoms with Crippen molar-refractivity contribution in [1.29, 1.82) is 0 Å². The minimum Gasteiger partial charge on any atom is -0.369 e. The van der Waals surface area contributed by atoms with Gasteiger partial charge in [-0.2, -0.15) is 5.10 Å². The number of nitrogens with zero attached hydrogens (tertiary/aromatic N) is 2. The van der Waals surface area contributed by atoms with Crippen LogP contribution in [0.3, 0.4) is 0 Å². The molecule has 0 atom stereocenters. The second kappa shape index (κ2) is 4.66. The Hall–Kier alpha value is -0.350. The van der Waals surface area contributed by atoms with Gasteiger partial charge in [0.2, 0.25) is 0 Å². The van der Waals surface area contributed by atoms with Crippen molar-refractivity contribution in [2.75, 3.05) is 0 Å². The lowest BCUT2D eigenvalue weighted by atomic mass is 10.1. The van der Waals surface area contributed by atoms with Gasteiger partial charge in [-0.3, -0.25) is 4.68 Å². The normalized spacial score (nSPS) is 12.1. The average Bonchev–Trinajstić information content (AvgIpc) is 2.39. The molecule has 0 spiro atoms. The van der Waals surface area contributed by atoms with Gasteiger partial charge in [-0.15, -0.1) is 0 Å². The van der Waals surface area contributed by atoms with Crippen LogP contribution >= 0.6 is 15.9 Å². The fourth-order valence-electron chi connectivity index (χ4n) is 1.20. The monoisotopic (exact) mass is 274 g/mol. The summed E-state index contributed by atoms with van der Waals surface area (Å²) >= 11 is 3.53. The van der Waals surface area contributed by atoms with Gasteiger partial charge in [0.25, 0.3) is 0 Å². The molecule has 1 aromatic rings. The number of rotatable bonds is 4. The summed E-state index contributed by atoms with van der Waals surface area (Å²) in [5.74, 6) is 0. The molecule has 0 aliphatic rings. The maximum atomic E-state index is 5.85. The van der Waals surface area contributed by atoms with Gasteiger partial charge in [0.15, 0.2) is 0 Å². The van der Waals surface area contributed by atoms with E-state index in [1.54, 1.807) is 0 Å². The van der Waals surface area contributed by atoms with Crippen LogP contribution < -0.4 is 0 Å². The molecule has 1 rings (SSSR count). The van der Waals surface area contributed by atoms with E-state index in [0.29, 0.717) is 6.61 Å². The Bertz CT molecular complexity index is 345. The van der Waals surface area contributed by atoms with Gasteiger partial charge >= 0.3 is 0 Å². The summed E-state index contributed by atoms with van der Waals surface area (Å²) in [6.07, 6.45) is 1.00. The number of hydrogen-bond donors (Lipinski definition) is 0. The van der Waals surface area contributed by atoms with E-state index < -0.39 is 0 Å². The highest BCUT2D eigenvalue weighted by atomic mass is 79.9. The Morgan fingerprint density at radius 1 is 1.47 bits per heavy atom. The molecule has 0 radical (unpaired) electrons. The largest absolute Gasteiger partial charge is 0.369 e. The number of aryl methyl sites for hydroxylation is 2. The molecule has 0 unspecified atom stereocenters. The van der Waals surface area contributed by atoms with E-state index in [-0.39, 0.29) is 5.60 Å². The fraction of sp³-hybridized carbons (Fsp3) is 0.727. The van der Waals surface area contributed by atoms with Crippen molar-refractivity contribution >= 4 is 15.9 Å². The van der Waals surface area contributed by atoms with Gasteiger partial charge in [-0.25, -0.2) is 0 Å². The highest BCUT2D eigenvalue weighted by Gasteiger charge is 2.18. The zero-order chi connectivity index (χ0) is 11.6. The molecule has 4 heteroatoms. The number of hydrogen-bond acceptors (Lipinski definition) is 2. The minimum absolute atomic E-state index is 0.0718. The van der Waals surface area contributed by atoms with E-state index in [1.807, 2.05) is 18.7 Å². The predicted molar refractivity (Wildman–Crippen MR) is 64.8 cm³/mol. The quantitative estimate of drug-likeness (QED) is 0.843. The molecule has 0 saturated carbocycles. The van der Waals surface area contributed by atoms with Crippen LogP contribution in [0.25, 0.3) is 0 Å². The van der Waals surface area contributed by atoms with Crippen molar-refractivity contribution < 1.29 is 4.74 Å². The first-order valence-corrected chi connectivity index (χ1v) is 5.98. The molecule has 0 N–H and O–H groups in total. The molecule has 86 valence electrons. The van der Waals surface area contributed by atoms with Crippen molar-refractivity contribution in [3.8, 4) is 0 Å². The first-order valence-electron chi connectivity index (χ1n) is 5.19. The van der Waals surface area contributed by atoms with Crippen LogP contribution in [0.4, 0.5) is 0 Å². The summed E-state index contributed by atoms with van der Waals surface area (Å²) in [6.45, 7) is 8.91. The van der Waals surface area contributed by atoms with Crippen LogP contribution in [0, 0.1) is 6.92 Å². The summed E-state index contributed by atoms with van der Waals surface area (Å²) < 4.78 is 8.77. The van der Waals surface area contributed by atoms with Gasteiger partial charge in [0.1, 0.15) is 0 Å². The van der Waals surface area contributed by atoms with Crippen LogP contribution in [0.5, 0.6) is 0 Å². The Balaban J connectivity index is 2.73. The molecular formula is C11H19BrN2O. The summed E-state index contributed by atoms with van der Waals surface area (Å²) in [7, 11) is 1.94. The van der Waals surface area contributed by atoms with Gasteiger partial charge in [0.05, 0.1) is 28.1 Å². The van der Waals surface area contributed by atoms with Crippen molar-refractivity contribution in [3.05, 3.63) is 15.9 Å². The lowest BCUT2D eigenvalue weighted by Crippen LogP contribution is -2.23. The Morgan fingerprint density at radius 2 is 2.07 bits per heavy atom. The first kappa shape index (κ1) is 12.7. The lowest BCUT2D eigenvalue weighted by Gasteiger charge is -2.23. The molecule has 1 aromatic heterocycles. The van der Waals surface area contributed by atoms with Crippen molar-refractivity contribution in [1.82, 2.24) is 9.78 Å². The Labute approximate surface area is 99.9 Å². The molecule has 1 heterocycles. The van der Waals surface area contributed by atoms with Crippen LogP contribution in [-0.2, 0) is 18.4 Å². The summed E-state index contributed by atoms with van der Waals surface area (Å²) in [5.41, 5.74) is 2.02. The van der Waals surface area contributed by atoms with E-state index >= 15 is 0 Å². The van der Waals surface area contributed by atoms with E-state index in [9.17, 15) is 0 Å². The molecule has 0 bridgehead atoms. The Kier molecular flexibility index (Phi) is 3.95. The molecule has 0 amide bonds. The standard InChI is InChI=1S/C11H19BrN2O/c1-6-11(3,4)15-7-9-10(12)8(2)13-14(9)5/h6-7H2,1-5H3. The third-order valence-corrected chi connectivity index (χ3v) is 3.74. The van der Waals surface area contributed by atoms with Gasteiger partial charge in [0, 0.05) is 7.05 Å². The van der Waals surface area contributed by atoms with E-state index in [2.05, 4.69) is 41.8 Å². The summed E-state index contributed by atoms with van der Waals surface area (Å²) in [5, 5.41) is 4.33. The smallest absolute Gasteiger partial charge is 0.0903 e. The zero-order valence-corrected chi connectivity index (χ0v) is 11.7. The molecule has 15 heavy (non-hydrogen) atoms. The third kappa shape index (κ3) is 3.05. The fourth-order valence-corrected chi connectivity index (χ4v) is 1.65.